The predicted octanol–water partition coefficient (Wildman–Crippen LogP) is 3.61. The number of nitrogens with zero attached hydrogens (tertiary/aromatic N) is 1. The molecule has 1 heterocycles. The van der Waals surface area contributed by atoms with Gasteiger partial charge < -0.3 is 10.4 Å². The van der Waals surface area contributed by atoms with Gasteiger partial charge in [0.05, 0.1) is 12.6 Å². The molecule has 148 valence electrons. The van der Waals surface area contributed by atoms with Gasteiger partial charge in [-0.2, -0.15) is 0 Å². The zero-order chi connectivity index (χ0) is 19.4. The van der Waals surface area contributed by atoms with Gasteiger partial charge in [0.25, 0.3) is 0 Å². The Hall–Kier alpha value is -1.88. The maximum Gasteiger partial charge on any atom is 0.320 e. The Morgan fingerprint density at radius 3 is 2.56 bits per heavy atom. The number of carboxylic acid groups (broad SMARTS) is 1. The summed E-state index contributed by atoms with van der Waals surface area (Å²) in [7, 11) is 0. The molecule has 5 nitrogen and oxygen atoms in total. The second kappa shape index (κ2) is 8.87. The van der Waals surface area contributed by atoms with E-state index in [9.17, 15) is 14.7 Å². The minimum Gasteiger partial charge on any atom is -0.480 e. The summed E-state index contributed by atoms with van der Waals surface area (Å²) in [5, 5.41) is 12.8. The summed E-state index contributed by atoms with van der Waals surface area (Å²) in [5.41, 5.74) is 1.10. The second-order valence-electron chi connectivity index (χ2n) is 8.53. The van der Waals surface area contributed by atoms with Crippen LogP contribution < -0.4 is 5.32 Å². The Labute approximate surface area is 162 Å². The minimum absolute atomic E-state index is 0.0354. The number of hydrogen-bond donors (Lipinski definition) is 2. The molecule has 2 aliphatic rings. The van der Waals surface area contributed by atoms with Crippen molar-refractivity contribution >= 4 is 11.9 Å². The number of hydrogen-bond acceptors (Lipinski definition) is 3. The van der Waals surface area contributed by atoms with Gasteiger partial charge in [0.15, 0.2) is 0 Å². The molecule has 2 fully saturated rings. The van der Waals surface area contributed by atoms with Crippen LogP contribution in [0.5, 0.6) is 0 Å². The Morgan fingerprint density at radius 2 is 1.89 bits per heavy atom. The quantitative estimate of drug-likeness (QED) is 0.767. The summed E-state index contributed by atoms with van der Waals surface area (Å²) in [5.74, 6) is 0.0194. The Kier molecular flexibility index (Phi) is 6.53. The first kappa shape index (κ1) is 19.9. The SMILES string of the molecule is CC(C)CC(NC(=O)CN1C(C(=O)O)CC2CCCCC21)c1ccccc1. The molecule has 0 radical (unpaired) electrons. The van der Waals surface area contributed by atoms with Crippen LogP contribution in [-0.4, -0.2) is 40.5 Å². The van der Waals surface area contributed by atoms with Crippen molar-refractivity contribution in [2.75, 3.05) is 6.54 Å². The van der Waals surface area contributed by atoms with E-state index in [1.54, 1.807) is 0 Å². The van der Waals surface area contributed by atoms with Crippen LogP contribution in [-0.2, 0) is 9.59 Å². The molecule has 3 rings (SSSR count). The van der Waals surface area contributed by atoms with E-state index in [1.165, 1.54) is 6.42 Å². The van der Waals surface area contributed by atoms with E-state index in [0.29, 0.717) is 18.3 Å². The molecule has 1 saturated heterocycles. The molecule has 27 heavy (non-hydrogen) atoms. The van der Waals surface area contributed by atoms with Crippen LogP contribution in [0, 0.1) is 11.8 Å². The Morgan fingerprint density at radius 1 is 1.19 bits per heavy atom. The van der Waals surface area contributed by atoms with Crippen LogP contribution in [0.1, 0.15) is 64.0 Å². The molecule has 1 aromatic rings. The fourth-order valence-corrected chi connectivity index (χ4v) is 4.86. The van der Waals surface area contributed by atoms with Crippen LogP contribution in [0.2, 0.25) is 0 Å². The third kappa shape index (κ3) is 4.89. The summed E-state index contributed by atoms with van der Waals surface area (Å²) in [4.78, 5) is 26.6. The van der Waals surface area contributed by atoms with Crippen molar-refractivity contribution in [3.8, 4) is 0 Å². The molecule has 1 amide bonds. The van der Waals surface area contributed by atoms with Crippen molar-refractivity contribution in [1.82, 2.24) is 10.2 Å². The molecule has 1 aliphatic carbocycles. The van der Waals surface area contributed by atoms with E-state index in [-0.39, 0.29) is 24.5 Å². The maximum atomic E-state index is 12.9. The number of nitrogens with one attached hydrogen (secondary N) is 1. The highest BCUT2D eigenvalue weighted by atomic mass is 16.4. The summed E-state index contributed by atoms with van der Waals surface area (Å²) in [6.07, 6.45) is 5.96. The van der Waals surface area contributed by atoms with Crippen LogP contribution in [0.25, 0.3) is 0 Å². The van der Waals surface area contributed by atoms with Crippen LogP contribution >= 0.6 is 0 Å². The maximum absolute atomic E-state index is 12.9. The van der Waals surface area contributed by atoms with Crippen molar-refractivity contribution in [2.24, 2.45) is 11.8 Å². The first-order valence-electron chi connectivity index (χ1n) is 10.3. The number of carboxylic acids is 1. The van der Waals surface area contributed by atoms with Crippen molar-refractivity contribution < 1.29 is 14.7 Å². The molecule has 2 N–H and O–H groups in total. The Balaban J connectivity index is 1.69. The number of carbonyl (C=O) groups is 2. The molecule has 1 aromatic carbocycles. The summed E-state index contributed by atoms with van der Waals surface area (Å²) >= 11 is 0. The van der Waals surface area contributed by atoms with Gasteiger partial charge in [0.2, 0.25) is 5.91 Å². The number of aliphatic carboxylic acids is 1. The van der Waals surface area contributed by atoms with Crippen LogP contribution in [0.15, 0.2) is 30.3 Å². The van der Waals surface area contributed by atoms with Gasteiger partial charge in [-0.05, 0) is 43.1 Å². The molecule has 1 saturated carbocycles. The lowest BCUT2D eigenvalue weighted by Gasteiger charge is -2.33. The molecule has 5 heteroatoms. The number of amides is 1. The normalized spacial score (nSPS) is 26.6. The second-order valence-corrected chi connectivity index (χ2v) is 8.53. The average molecular weight is 373 g/mol. The summed E-state index contributed by atoms with van der Waals surface area (Å²) in [6, 6.07) is 9.72. The minimum atomic E-state index is -0.793. The van der Waals surface area contributed by atoms with Crippen molar-refractivity contribution in [2.45, 2.75) is 70.5 Å². The van der Waals surface area contributed by atoms with Crippen molar-refractivity contribution in [3.05, 3.63) is 35.9 Å². The monoisotopic (exact) mass is 372 g/mol. The molecule has 4 unspecified atom stereocenters. The molecule has 0 spiro atoms. The van der Waals surface area contributed by atoms with Gasteiger partial charge in [-0.15, -0.1) is 0 Å². The van der Waals surface area contributed by atoms with Gasteiger partial charge in [-0.3, -0.25) is 14.5 Å². The van der Waals surface area contributed by atoms with Gasteiger partial charge in [-0.25, -0.2) is 0 Å². The van der Waals surface area contributed by atoms with Gasteiger partial charge in [0.1, 0.15) is 6.04 Å². The van der Waals surface area contributed by atoms with Gasteiger partial charge in [0, 0.05) is 6.04 Å². The number of fused-ring (bicyclic) bond motifs is 1. The van der Waals surface area contributed by atoms with Crippen LogP contribution in [0.4, 0.5) is 0 Å². The van der Waals surface area contributed by atoms with E-state index in [2.05, 4.69) is 19.2 Å². The number of carbonyl (C=O) groups excluding carboxylic acids is 1. The standard InChI is InChI=1S/C22H32N2O3/c1-15(2)12-18(16-8-4-3-5-9-16)23-21(25)14-24-19-11-7-6-10-17(19)13-20(24)22(26)27/h3-5,8-9,15,17-20H,6-7,10-14H2,1-2H3,(H,23,25)(H,26,27). The van der Waals surface area contributed by atoms with E-state index in [0.717, 1.165) is 31.2 Å². The van der Waals surface area contributed by atoms with E-state index in [4.69, 9.17) is 0 Å². The van der Waals surface area contributed by atoms with Crippen molar-refractivity contribution in [3.63, 3.8) is 0 Å². The highest BCUT2D eigenvalue weighted by molar-refractivity contribution is 5.80. The lowest BCUT2D eigenvalue weighted by Crippen LogP contribution is -2.48. The van der Waals surface area contributed by atoms with Crippen LogP contribution in [0.3, 0.4) is 0 Å². The Bertz CT molecular complexity index is 646. The van der Waals surface area contributed by atoms with Crippen molar-refractivity contribution in [1.29, 1.82) is 0 Å². The smallest absolute Gasteiger partial charge is 0.320 e. The lowest BCUT2D eigenvalue weighted by atomic mass is 9.85. The first-order chi connectivity index (χ1) is 13.0. The molecule has 1 aliphatic heterocycles. The predicted molar refractivity (Wildman–Crippen MR) is 105 cm³/mol. The average Bonchev–Trinajstić information content (AvgIpc) is 3.00. The molecule has 0 aromatic heterocycles. The fraction of sp³-hybridized carbons (Fsp3) is 0.636. The highest BCUT2D eigenvalue weighted by Crippen LogP contribution is 2.39. The van der Waals surface area contributed by atoms with Gasteiger partial charge in [-0.1, -0.05) is 57.0 Å². The highest BCUT2D eigenvalue weighted by Gasteiger charge is 2.45. The summed E-state index contributed by atoms with van der Waals surface area (Å²) < 4.78 is 0. The topological polar surface area (TPSA) is 69.6 Å². The number of likely N-dealkylation sites (tertiary alicyclic amines) is 1. The molecule has 0 bridgehead atoms. The number of benzene rings is 1. The van der Waals surface area contributed by atoms with E-state index < -0.39 is 12.0 Å². The largest absolute Gasteiger partial charge is 0.480 e. The third-order valence-electron chi connectivity index (χ3n) is 6.08. The van der Waals surface area contributed by atoms with E-state index >= 15 is 0 Å². The zero-order valence-corrected chi connectivity index (χ0v) is 16.4. The van der Waals surface area contributed by atoms with Gasteiger partial charge >= 0.3 is 5.97 Å². The first-order valence-corrected chi connectivity index (χ1v) is 10.3. The van der Waals surface area contributed by atoms with E-state index in [1.807, 2.05) is 35.2 Å². The third-order valence-corrected chi connectivity index (χ3v) is 6.08. The molecule has 4 atom stereocenters. The molecular formula is C22H32N2O3. The fourth-order valence-electron chi connectivity index (χ4n) is 4.86. The number of rotatable bonds is 7. The summed E-state index contributed by atoms with van der Waals surface area (Å²) in [6.45, 7) is 4.48. The lowest BCUT2D eigenvalue weighted by molar-refractivity contribution is -0.143. The zero-order valence-electron chi connectivity index (χ0n) is 16.4. The molecular weight excluding hydrogens is 340 g/mol.